The SMILES string of the molecule is C[C@@H]1CNCCN1CCOc1ccccc1C(F)(F)F.Cl. The van der Waals surface area contributed by atoms with Gasteiger partial charge in [0.2, 0.25) is 0 Å². The van der Waals surface area contributed by atoms with Gasteiger partial charge in [-0.25, -0.2) is 0 Å². The first kappa shape index (κ1) is 18.1. The Bertz CT molecular complexity index is 442. The van der Waals surface area contributed by atoms with Gasteiger partial charge in [0.15, 0.2) is 0 Å². The summed E-state index contributed by atoms with van der Waals surface area (Å²) in [6.45, 7) is 5.69. The number of nitrogens with one attached hydrogen (secondary N) is 1. The van der Waals surface area contributed by atoms with Crippen LogP contribution in [0, 0.1) is 0 Å². The highest BCUT2D eigenvalue weighted by Crippen LogP contribution is 2.35. The van der Waals surface area contributed by atoms with E-state index in [0.29, 0.717) is 12.6 Å². The molecule has 7 heteroatoms. The molecule has 0 amide bonds. The average Bonchev–Trinajstić information content (AvgIpc) is 2.40. The summed E-state index contributed by atoms with van der Waals surface area (Å²) in [4.78, 5) is 2.21. The van der Waals surface area contributed by atoms with Crippen LogP contribution in [0.4, 0.5) is 13.2 Å². The van der Waals surface area contributed by atoms with Gasteiger partial charge in [-0.15, -0.1) is 12.4 Å². The van der Waals surface area contributed by atoms with Crippen LogP contribution in [-0.2, 0) is 6.18 Å². The van der Waals surface area contributed by atoms with Crippen LogP contribution in [0.2, 0.25) is 0 Å². The second kappa shape index (κ2) is 7.87. The van der Waals surface area contributed by atoms with Gasteiger partial charge >= 0.3 is 6.18 Å². The lowest BCUT2D eigenvalue weighted by Crippen LogP contribution is -2.50. The van der Waals surface area contributed by atoms with Gasteiger partial charge in [0, 0.05) is 32.2 Å². The summed E-state index contributed by atoms with van der Waals surface area (Å²) in [6.07, 6.45) is -4.38. The van der Waals surface area contributed by atoms with Crippen LogP contribution in [-0.4, -0.2) is 43.7 Å². The van der Waals surface area contributed by atoms with Crippen molar-refractivity contribution in [2.24, 2.45) is 0 Å². The van der Waals surface area contributed by atoms with Crippen LogP contribution < -0.4 is 10.1 Å². The topological polar surface area (TPSA) is 24.5 Å². The van der Waals surface area contributed by atoms with Crippen molar-refractivity contribution in [3.63, 3.8) is 0 Å². The number of hydrogen-bond donors (Lipinski definition) is 1. The molecule has 1 atom stereocenters. The summed E-state index contributed by atoms with van der Waals surface area (Å²) in [5.41, 5.74) is -0.714. The first-order valence-electron chi connectivity index (χ1n) is 6.72. The minimum absolute atomic E-state index is 0. The molecule has 1 aliphatic heterocycles. The van der Waals surface area contributed by atoms with Crippen molar-refractivity contribution in [3.05, 3.63) is 29.8 Å². The maximum atomic E-state index is 12.8. The van der Waals surface area contributed by atoms with Crippen molar-refractivity contribution in [2.45, 2.75) is 19.1 Å². The zero-order chi connectivity index (χ0) is 14.6. The minimum atomic E-state index is -4.38. The average molecular weight is 325 g/mol. The molecule has 1 heterocycles. The Morgan fingerprint density at radius 1 is 1.33 bits per heavy atom. The molecule has 1 aliphatic rings. The lowest BCUT2D eigenvalue weighted by atomic mass is 10.2. The lowest BCUT2D eigenvalue weighted by molar-refractivity contribution is -0.139. The molecule has 0 saturated carbocycles. The molecule has 0 unspecified atom stereocenters. The maximum absolute atomic E-state index is 12.8. The standard InChI is InChI=1S/C14H19F3N2O.ClH/c1-11-10-18-6-7-19(11)8-9-20-13-5-3-2-4-12(13)14(15,16)17;/h2-5,11,18H,6-10H2,1H3;1H/t11-;/m1./s1. The highest BCUT2D eigenvalue weighted by molar-refractivity contribution is 5.85. The van der Waals surface area contributed by atoms with Crippen molar-refractivity contribution in [1.82, 2.24) is 10.2 Å². The molecular weight excluding hydrogens is 305 g/mol. The van der Waals surface area contributed by atoms with E-state index in [1.807, 2.05) is 0 Å². The third-order valence-electron chi connectivity index (χ3n) is 3.47. The third-order valence-corrected chi connectivity index (χ3v) is 3.47. The van der Waals surface area contributed by atoms with Gasteiger partial charge in [-0.05, 0) is 19.1 Å². The number of benzene rings is 1. The van der Waals surface area contributed by atoms with Crippen molar-refractivity contribution in [2.75, 3.05) is 32.8 Å². The Balaban J connectivity index is 0.00000220. The summed E-state index contributed by atoms with van der Waals surface area (Å²) in [5, 5.41) is 3.27. The van der Waals surface area contributed by atoms with E-state index in [2.05, 4.69) is 17.1 Å². The quantitative estimate of drug-likeness (QED) is 0.921. The number of rotatable bonds is 4. The minimum Gasteiger partial charge on any atom is -0.492 e. The number of halogens is 4. The molecule has 0 aliphatic carbocycles. The van der Waals surface area contributed by atoms with E-state index >= 15 is 0 Å². The number of para-hydroxylation sites is 1. The van der Waals surface area contributed by atoms with Gasteiger partial charge in [-0.3, -0.25) is 4.90 Å². The van der Waals surface area contributed by atoms with E-state index in [0.717, 1.165) is 25.7 Å². The number of hydrogen-bond acceptors (Lipinski definition) is 3. The molecular formula is C14H20ClF3N2O. The van der Waals surface area contributed by atoms with Gasteiger partial charge in [0.25, 0.3) is 0 Å². The normalized spacial score (nSPS) is 19.9. The molecule has 1 fully saturated rings. The fourth-order valence-electron chi connectivity index (χ4n) is 2.31. The second-order valence-corrected chi connectivity index (χ2v) is 4.93. The molecule has 1 saturated heterocycles. The summed E-state index contributed by atoms with van der Waals surface area (Å²) < 4.78 is 43.7. The van der Waals surface area contributed by atoms with Crippen LogP contribution in [0.5, 0.6) is 5.75 Å². The summed E-state index contributed by atoms with van der Waals surface area (Å²) >= 11 is 0. The van der Waals surface area contributed by atoms with Gasteiger partial charge in [-0.1, -0.05) is 12.1 Å². The lowest BCUT2D eigenvalue weighted by Gasteiger charge is -2.33. The summed E-state index contributed by atoms with van der Waals surface area (Å²) in [5.74, 6) is -0.0946. The Morgan fingerprint density at radius 2 is 2.05 bits per heavy atom. The molecule has 1 N–H and O–H groups in total. The number of ether oxygens (including phenoxy) is 1. The van der Waals surface area contributed by atoms with E-state index in [9.17, 15) is 13.2 Å². The zero-order valence-corrected chi connectivity index (χ0v) is 12.6. The van der Waals surface area contributed by atoms with Crippen LogP contribution in [0.3, 0.4) is 0 Å². The Kier molecular flexibility index (Phi) is 6.77. The van der Waals surface area contributed by atoms with Crippen LogP contribution in [0.15, 0.2) is 24.3 Å². The van der Waals surface area contributed by atoms with Crippen molar-refractivity contribution in [1.29, 1.82) is 0 Å². The maximum Gasteiger partial charge on any atom is 0.419 e. The van der Waals surface area contributed by atoms with E-state index in [4.69, 9.17) is 4.74 Å². The van der Waals surface area contributed by atoms with Crippen LogP contribution in [0.1, 0.15) is 12.5 Å². The van der Waals surface area contributed by atoms with Crippen molar-refractivity contribution < 1.29 is 17.9 Å². The Morgan fingerprint density at radius 3 is 2.71 bits per heavy atom. The fourth-order valence-corrected chi connectivity index (χ4v) is 2.31. The molecule has 1 aromatic rings. The van der Waals surface area contributed by atoms with Crippen LogP contribution >= 0.6 is 12.4 Å². The fraction of sp³-hybridized carbons (Fsp3) is 0.571. The molecule has 0 spiro atoms. The van der Waals surface area contributed by atoms with Gasteiger partial charge < -0.3 is 10.1 Å². The summed E-state index contributed by atoms with van der Waals surface area (Å²) in [7, 11) is 0. The van der Waals surface area contributed by atoms with E-state index in [1.54, 1.807) is 6.07 Å². The molecule has 21 heavy (non-hydrogen) atoms. The predicted octanol–water partition coefficient (Wildman–Crippen LogP) is 2.80. The Hall–Kier alpha value is -0.980. The molecule has 2 rings (SSSR count). The van der Waals surface area contributed by atoms with Gasteiger partial charge in [0.05, 0.1) is 5.56 Å². The third kappa shape index (κ3) is 5.05. The zero-order valence-electron chi connectivity index (χ0n) is 11.8. The molecule has 1 aromatic carbocycles. The first-order chi connectivity index (χ1) is 9.48. The van der Waals surface area contributed by atoms with E-state index < -0.39 is 11.7 Å². The number of nitrogens with zero attached hydrogens (tertiary/aromatic N) is 1. The highest BCUT2D eigenvalue weighted by atomic mass is 35.5. The molecule has 120 valence electrons. The van der Waals surface area contributed by atoms with Gasteiger partial charge in [-0.2, -0.15) is 13.2 Å². The number of piperazine rings is 1. The van der Waals surface area contributed by atoms with E-state index in [1.165, 1.54) is 12.1 Å². The molecule has 3 nitrogen and oxygen atoms in total. The van der Waals surface area contributed by atoms with Crippen molar-refractivity contribution in [3.8, 4) is 5.75 Å². The molecule has 0 bridgehead atoms. The smallest absolute Gasteiger partial charge is 0.419 e. The second-order valence-electron chi connectivity index (χ2n) is 4.93. The monoisotopic (exact) mass is 324 g/mol. The van der Waals surface area contributed by atoms with Crippen LogP contribution in [0.25, 0.3) is 0 Å². The largest absolute Gasteiger partial charge is 0.492 e. The van der Waals surface area contributed by atoms with Crippen molar-refractivity contribution >= 4 is 12.4 Å². The Labute approximate surface area is 128 Å². The van der Waals surface area contributed by atoms with E-state index in [-0.39, 0.29) is 24.8 Å². The number of alkyl halides is 3. The highest BCUT2D eigenvalue weighted by Gasteiger charge is 2.34. The summed E-state index contributed by atoms with van der Waals surface area (Å²) in [6, 6.07) is 5.71. The molecule has 0 aromatic heterocycles. The predicted molar refractivity (Wildman–Crippen MR) is 78.1 cm³/mol. The first-order valence-corrected chi connectivity index (χ1v) is 6.72. The molecule has 0 radical (unpaired) electrons. The van der Waals surface area contributed by atoms with Gasteiger partial charge in [0.1, 0.15) is 12.4 Å².